The van der Waals surface area contributed by atoms with Crippen LogP contribution in [0.2, 0.25) is 0 Å². The fraction of sp³-hybridized carbons (Fsp3) is 1.00. The number of hydrogen-bond acceptors (Lipinski definition) is 6. The third kappa shape index (κ3) is 3.86. The Hall–Kier alpha value is -0.260. The maximum Gasteiger partial charge on any atom is 0.365 e. The molecule has 0 aliphatic rings. The van der Waals surface area contributed by atoms with Gasteiger partial charge in [0.15, 0.2) is 0 Å². The molecule has 0 saturated heterocycles. The molecule has 0 atom stereocenters. The molecule has 0 amide bonds. The summed E-state index contributed by atoms with van der Waals surface area (Å²) in [5, 5.41) is 0. The Morgan fingerprint density at radius 3 is 1.07 bits per heavy atom. The molecule has 0 heterocycles. The van der Waals surface area contributed by atoms with Gasteiger partial charge in [0.2, 0.25) is 0 Å². The lowest BCUT2D eigenvalue weighted by atomic mass is 11.3. The molecule has 0 aliphatic carbocycles. The van der Waals surface area contributed by atoms with Crippen LogP contribution in [0.3, 0.4) is 0 Å². The van der Waals surface area contributed by atoms with Crippen LogP contribution in [0.4, 0.5) is 0 Å². The van der Waals surface area contributed by atoms with Crippen molar-refractivity contribution >= 4 is 20.6 Å². The maximum absolute atomic E-state index is 10.9. The molecule has 0 aromatic carbocycles. The predicted octanol–water partition coefficient (Wildman–Crippen LogP) is -1.45. The van der Waals surface area contributed by atoms with Crippen molar-refractivity contribution in [2.45, 2.75) is 0 Å². The van der Waals surface area contributed by atoms with Gasteiger partial charge in [-0.2, -0.15) is 25.4 Å². The van der Waals surface area contributed by atoms with Crippen LogP contribution >= 0.6 is 0 Å². The van der Waals surface area contributed by atoms with E-state index in [1.54, 1.807) is 0 Å². The molecule has 0 fully saturated rings. The Kier molecular flexibility index (Phi) is 4.42. The standard InChI is InChI=1S/C4H12N2O6S2/c1-5(2)13(7,8)11-12-14(9,10)6(3)4/h1-4H3. The number of hydrogen-bond donors (Lipinski definition) is 0. The summed E-state index contributed by atoms with van der Waals surface area (Å²) in [6, 6.07) is 0. The first-order valence-electron chi connectivity index (χ1n) is 3.32. The van der Waals surface area contributed by atoms with E-state index in [0.29, 0.717) is 8.61 Å². The minimum absolute atomic E-state index is 0.665. The van der Waals surface area contributed by atoms with E-state index >= 15 is 0 Å². The van der Waals surface area contributed by atoms with E-state index in [0.717, 1.165) is 0 Å². The van der Waals surface area contributed by atoms with Crippen molar-refractivity contribution in [3.8, 4) is 0 Å². The SMILES string of the molecule is CN(C)S(=O)(=O)OOS(=O)(=O)N(C)C. The molecule has 8 nitrogen and oxygen atoms in total. The third-order valence-electron chi connectivity index (χ3n) is 1.09. The van der Waals surface area contributed by atoms with Gasteiger partial charge in [0.05, 0.1) is 0 Å². The summed E-state index contributed by atoms with van der Waals surface area (Å²) in [4.78, 5) is 0. The first-order valence-corrected chi connectivity index (χ1v) is 6.05. The molecular weight excluding hydrogens is 236 g/mol. The monoisotopic (exact) mass is 248 g/mol. The van der Waals surface area contributed by atoms with Gasteiger partial charge in [-0.25, -0.2) is 0 Å². The molecule has 0 aliphatic heterocycles. The molecule has 0 N–H and O–H groups in total. The first kappa shape index (κ1) is 13.7. The van der Waals surface area contributed by atoms with E-state index in [4.69, 9.17) is 0 Å². The van der Waals surface area contributed by atoms with E-state index in [1.165, 1.54) is 28.2 Å². The summed E-state index contributed by atoms with van der Waals surface area (Å²) >= 11 is 0. The van der Waals surface area contributed by atoms with Crippen molar-refractivity contribution in [1.82, 2.24) is 8.61 Å². The summed E-state index contributed by atoms with van der Waals surface area (Å²) in [5.74, 6) is 0. The zero-order valence-electron chi connectivity index (χ0n) is 8.16. The maximum atomic E-state index is 10.9. The molecule has 0 unspecified atom stereocenters. The average Bonchev–Trinajstić information content (AvgIpc) is 2.01. The second-order valence-corrected chi connectivity index (χ2v) is 6.06. The van der Waals surface area contributed by atoms with Gasteiger partial charge in [-0.05, 0) is 0 Å². The predicted molar refractivity (Wildman–Crippen MR) is 47.4 cm³/mol. The van der Waals surface area contributed by atoms with Crippen molar-refractivity contribution in [3.05, 3.63) is 0 Å². The fourth-order valence-electron chi connectivity index (χ4n) is 0.192. The molecule has 0 spiro atoms. The number of nitrogens with zero attached hydrogens (tertiary/aromatic N) is 2. The lowest BCUT2D eigenvalue weighted by Crippen LogP contribution is -2.30. The minimum atomic E-state index is -4.16. The van der Waals surface area contributed by atoms with Gasteiger partial charge in [-0.3, -0.25) is 0 Å². The molecule has 14 heavy (non-hydrogen) atoms. The summed E-state index contributed by atoms with van der Waals surface area (Å²) in [7, 11) is -3.65. The van der Waals surface area contributed by atoms with E-state index in [2.05, 4.69) is 8.67 Å². The minimum Gasteiger partial charge on any atom is -0.183 e. The van der Waals surface area contributed by atoms with Crippen LogP contribution in [0.15, 0.2) is 0 Å². The molecule has 0 aromatic rings. The van der Waals surface area contributed by atoms with Crippen molar-refractivity contribution in [2.75, 3.05) is 28.2 Å². The van der Waals surface area contributed by atoms with Gasteiger partial charge in [0.25, 0.3) is 0 Å². The van der Waals surface area contributed by atoms with Gasteiger partial charge < -0.3 is 0 Å². The summed E-state index contributed by atoms with van der Waals surface area (Å²) in [6.07, 6.45) is 0. The molecular formula is C4H12N2O6S2. The first-order chi connectivity index (χ1) is 6.09. The summed E-state index contributed by atoms with van der Waals surface area (Å²) < 4.78 is 52.5. The topological polar surface area (TPSA) is 93.2 Å². The zero-order valence-corrected chi connectivity index (χ0v) is 9.79. The van der Waals surface area contributed by atoms with Crippen LogP contribution in [-0.2, 0) is 29.3 Å². The highest BCUT2D eigenvalue weighted by Crippen LogP contribution is 2.03. The van der Waals surface area contributed by atoms with Crippen LogP contribution in [0, 0.1) is 0 Å². The highest BCUT2D eigenvalue weighted by molar-refractivity contribution is 7.86. The second kappa shape index (κ2) is 4.51. The molecule has 10 heteroatoms. The Morgan fingerprint density at radius 1 is 0.714 bits per heavy atom. The Balaban J connectivity index is 4.50. The zero-order chi connectivity index (χ0) is 11.6. The lowest BCUT2D eigenvalue weighted by Gasteiger charge is -2.12. The van der Waals surface area contributed by atoms with Gasteiger partial charge in [-0.15, -0.1) is 0 Å². The van der Waals surface area contributed by atoms with Crippen LogP contribution in [0.5, 0.6) is 0 Å². The molecule has 86 valence electrons. The normalized spacial score (nSPS) is 13.9. The van der Waals surface area contributed by atoms with Crippen molar-refractivity contribution in [2.24, 2.45) is 0 Å². The van der Waals surface area contributed by atoms with Crippen molar-refractivity contribution in [3.63, 3.8) is 0 Å². The molecule has 0 bridgehead atoms. The van der Waals surface area contributed by atoms with Crippen LogP contribution in [0.25, 0.3) is 0 Å². The molecule has 0 rings (SSSR count). The van der Waals surface area contributed by atoms with E-state index in [-0.39, 0.29) is 0 Å². The van der Waals surface area contributed by atoms with Gasteiger partial charge in [0.1, 0.15) is 0 Å². The second-order valence-electron chi connectivity index (χ2n) is 2.62. The smallest absolute Gasteiger partial charge is 0.183 e. The number of rotatable bonds is 5. The van der Waals surface area contributed by atoms with Gasteiger partial charge >= 0.3 is 20.6 Å². The van der Waals surface area contributed by atoms with Crippen LogP contribution in [0.1, 0.15) is 0 Å². The summed E-state index contributed by atoms with van der Waals surface area (Å²) in [5.41, 5.74) is 0. The highest BCUT2D eigenvalue weighted by atomic mass is 32.3. The molecule has 0 radical (unpaired) electrons. The Bertz CT molecular complexity index is 331. The van der Waals surface area contributed by atoms with Gasteiger partial charge in [-0.1, -0.05) is 8.67 Å². The van der Waals surface area contributed by atoms with Crippen LogP contribution in [-0.4, -0.2) is 53.6 Å². The van der Waals surface area contributed by atoms with Gasteiger partial charge in [0, 0.05) is 28.2 Å². The van der Waals surface area contributed by atoms with E-state index in [9.17, 15) is 16.8 Å². The Morgan fingerprint density at radius 2 is 0.929 bits per heavy atom. The lowest BCUT2D eigenvalue weighted by molar-refractivity contribution is -0.0962. The fourth-order valence-corrected chi connectivity index (χ4v) is 0.997. The average molecular weight is 248 g/mol. The Labute approximate surface area is 83.4 Å². The summed E-state index contributed by atoms with van der Waals surface area (Å²) in [6.45, 7) is 0. The van der Waals surface area contributed by atoms with Crippen molar-refractivity contribution in [1.29, 1.82) is 0 Å². The molecule has 0 aromatic heterocycles. The molecule has 0 saturated carbocycles. The quantitative estimate of drug-likeness (QED) is 0.436. The van der Waals surface area contributed by atoms with E-state index in [1.807, 2.05) is 0 Å². The largest absolute Gasteiger partial charge is 0.365 e. The van der Waals surface area contributed by atoms with Crippen LogP contribution < -0.4 is 0 Å². The third-order valence-corrected chi connectivity index (χ3v) is 3.45. The van der Waals surface area contributed by atoms with Crippen molar-refractivity contribution < 1.29 is 25.5 Å². The van der Waals surface area contributed by atoms with E-state index < -0.39 is 20.6 Å². The highest BCUT2D eigenvalue weighted by Gasteiger charge is 2.23.